The molecule has 0 fully saturated rings. The van der Waals surface area contributed by atoms with E-state index in [0.29, 0.717) is 18.0 Å². The van der Waals surface area contributed by atoms with Crippen LogP contribution >= 0.6 is 11.6 Å². The first-order valence-electron chi connectivity index (χ1n) is 6.27. The SMILES string of the molecule is Cc1cccc(C)c1CC(=O)C[n+]1cccc(Cl)c1.[Br-]. The van der Waals surface area contributed by atoms with Crippen LogP contribution in [0.5, 0.6) is 0 Å². The van der Waals surface area contributed by atoms with Gasteiger partial charge in [0.1, 0.15) is 5.02 Å². The molecule has 106 valence electrons. The highest BCUT2D eigenvalue weighted by atomic mass is 79.9. The van der Waals surface area contributed by atoms with Crippen molar-refractivity contribution in [1.29, 1.82) is 0 Å². The second kappa shape index (κ2) is 7.55. The van der Waals surface area contributed by atoms with Crippen molar-refractivity contribution in [3.63, 3.8) is 0 Å². The second-order valence-electron chi connectivity index (χ2n) is 4.78. The van der Waals surface area contributed by atoms with Crippen LogP contribution in [0.4, 0.5) is 0 Å². The highest BCUT2D eigenvalue weighted by molar-refractivity contribution is 6.30. The third kappa shape index (κ3) is 4.43. The van der Waals surface area contributed by atoms with Crippen molar-refractivity contribution in [3.8, 4) is 0 Å². The topological polar surface area (TPSA) is 20.9 Å². The summed E-state index contributed by atoms with van der Waals surface area (Å²) in [7, 11) is 0. The Hall–Kier alpha value is -1.19. The lowest BCUT2D eigenvalue weighted by molar-refractivity contribution is -0.684. The van der Waals surface area contributed by atoms with Gasteiger partial charge in [-0.2, -0.15) is 4.57 Å². The van der Waals surface area contributed by atoms with Crippen molar-refractivity contribution in [1.82, 2.24) is 0 Å². The Morgan fingerprint density at radius 3 is 2.40 bits per heavy atom. The van der Waals surface area contributed by atoms with Crippen LogP contribution in [0.25, 0.3) is 0 Å². The summed E-state index contributed by atoms with van der Waals surface area (Å²) in [4.78, 5) is 12.1. The minimum absolute atomic E-state index is 0. The molecule has 20 heavy (non-hydrogen) atoms. The molecule has 2 nitrogen and oxygen atoms in total. The standard InChI is InChI=1S/C16H17ClNO.BrH/c1-12-5-3-6-13(2)16(12)9-15(19)11-18-8-4-7-14(17)10-18;/h3-8,10H,9,11H2,1-2H3;1H/q+1;/p-1. The Kier molecular flexibility index (Phi) is 6.37. The number of hydrogen-bond donors (Lipinski definition) is 0. The Bertz CT molecular complexity index is 593. The van der Waals surface area contributed by atoms with Crippen molar-refractivity contribution in [2.45, 2.75) is 26.8 Å². The summed E-state index contributed by atoms with van der Waals surface area (Å²) in [5.74, 6) is 0.185. The van der Waals surface area contributed by atoms with Crippen LogP contribution in [0.2, 0.25) is 5.02 Å². The van der Waals surface area contributed by atoms with E-state index in [1.165, 1.54) is 11.1 Å². The van der Waals surface area contributed by atoms with E-state index < -0.39 is 0 Å². The zero-order chi connectivity index (χ0) is 13.8. The first kappa shape index (κ1) is 16.9. The van der Waals surface area contributed by atoms with Crippen LogP contribution in [0.1, 0.15) is 16.7 Å². The Morgan fingerprint density at radius 1 is 1.15 bits per heavy atom. The maximum atomic E-state index is 12.1. The Morgan fingerprint density at radius 2 is 1.80 bits per heavy atom. The number of Topliss-reactive ketones (excluding diaryl/α,β-unsaturated/α-hetero) is 1. The molecule has 0 bridgehead atoms. The number of pyridine rings is 1. The zero-order valence-corrected chi connectivity index (χ0v) is 13.9. The molecule has 2 rings (SSSR count). The number of rotatable bonds is 4. The fourth-order valence-electron chi connectivity index (χ4n) is 2.17. The van der Waals surface area contributed by atoms with E-state index in [4.69, 9.17) is 11.6 Å². The largest absolute Gasteiger partial charge is 1.00 e. The molecule has 0 aliphatic rings. The third-order valence-corrected chi connectivity index (χ3v) is 3.42. The highest BCUT2D eigenvalue weighted by Crippen LogP contribution is 2.14. The number of aryl methyl sites for hydroxylation is 2. The summed E-state index contributed by atoms with van der Waals surface area (Å²) in [6.45, 7) is 4.44. The number of aromatic nitrogens is 1. The minimum Gasteiger partial charge on any atom is -1.00 e. The molecule has 4 heteroatoms. The molecule has 0 amide bonds. The van der Waals surface area contributed by atoms with Gasteiger partial charge in [0.05, 0.1) is 0 Å². The summed E-state index contributed by atoms with van der Waals surface area (Å²) < 4.78 is 1.82. The van der Waals surface area contributed by atoms with Gasteiger partial charge in [-0.05, 0) is 36.6 Å². The normalized spacial score (nSPS) is 9.95. The monoisotopic (exact) mass is 353 g/mol. The molecule has 0 atom stereocenters. The van der Waals surface area contributed by atoms with Crippen LogP contribution in [0.3, 0.4) is 0 Å². The molecule has 0 saturated heterocycles. The molecule has 0 N–H and O–H groups in total. The van der Waals surface area contributed by atoms with Crippen LogP contribution < -0.4 is 21.5 Å². The lowest BCUT2D eigenvalue weighted by Crippen LogP contribution is -3.00. The van der Waals surface area contributed by atoms with Crippen molar-refractivity contribution in [3.05, 3.63) is 64.4 Å². The first-order chi connectivity index (χ1) is 9.06. The Labute approximate surface area is 135 Å². The Balaban J connectivity index is 0.00000200. The van der Waals surface area contributed by atoms with Crippen molar-refractivity contribution < 1.29 is 26.3 Å². The fourth-order valence-corrected chi connectivity index (χ4v) is 2.37. The van der Waals surface area contributed by atoms with Gasteiger partial charge in [0.25, 0.3) is 0 Å². The van der Waals surface area contributed by atoms with E-state index in [1.54, 1.807) is 12.3 Å². The van der Waals surface area contributed by atoms with Gasteiger partial charge in [-0.1, -0.05) is 29.8 Å². The number of carbonyl (C=O) groups is 1. The molecule has 0 aliphatic heterocycles. The van der Waals surface area contributed by atoms with E-state index >= 15 is 0 Å². The molecule has 1 aromatic carbocycles. The molecule has 0 aliphatic carbocycles. The van der Waals surface area contributed by atoms with E-state index in [9.17, 15) is 4.79 Å². The van der Waals surface area contributed by atoms with Gasteiger partial charge >= 0.3 is 0 Å². The number of ketones is 1. The molecule has 2 aromatic rings. The predicted octanol–water partition coefficient (Wildman–Crippen LogP) is 0.0601. The number of carbonyl (C=O) groups excluding carboxylic acids is 1. The van der Waals surface area contributed by atoms with Crippen LogP contribution in [-0.2, 0) is 17.8 Å². The third-order valence-electron chi connectivity index (χ3n) is 3.20. The van der Waals surface area contributed by atoms with Gasteiger partial charge in [0.15, 0.2) is 12.4 Å². The van der Waals surface area contributed by atoms with Crippen LogP contribution in [0, 0.1) is 13.8 Å². The summed E-state index contributed by atoms with van der Waals surface area (Å²) >= 11 is 5.91. The van der Waals surface area contributed by atoms with E-state index in [2.05, 4.69) is 0 Å². The average molecular weight is 355 g/mol. The van der Waals surface area contributed by atoms with E-state index in [-0.39, 0.29) is 22.8 Å². The molecule has 0 unspecified atom stereocenters. The highest BCUT2D eigenvalue weighted by Gasteiger charge is 2.13. The minimum atomic E-state index is 0. The molecule has 1 heterocycles. The fraction of sp³-hybridized carbons (Fsp3) is 0.250. The number of nitrogens with zero attached hydrogens (tertiary/aromatic N) is 1. The first-order valence-corrected chi connectivity index (χ1v) is 6.65. The molecule has 0 spiro atoms. The van der Waals surface area contributed by atoms with Crippen molar-refractivity contribution >= 4 is 17.4 Å². The van der Waals surface area contributed by atoms with Gasteiger partial charge in [0, 0.05) is 12.5 Å². The van der Waals surface area contributed by atoms with Crippen molar-refractivity contribution in [2.24, 2.45) is 0 Å². The zero-order valence-electron chi connectivity index (χ0n) is 11.6. The van der Waals surface area contributed by atoms with Gasteiger partial charge in [-0.3, -0.25) is 4.79 Å². The maximum Gasteiger partial charge on any atom is 0.206 e. The lowest BCUT2D eigenvalue weighted by atomic mass is 9.98. The summed E-state index contributed by atoms with van der Waals surface area (Å²) in [6, 6.07) is 9.75. The molecular formula is C16H17BrClNO. The van der Waals surface area contributed by atoms with E-state index in [0.717, 1.165) is 5.56 Å². The van der Waals surface area contributed by atoms with Gasteiger partial charge in [0.2, 0.25) is 12.3 Å². The number of benzene rings is 1. The van der Waals surface area contributed by atoms with Gasteiger partial charge in [-0.25, -0.2) is 0 Å². The van der Waals surface area contributed by atoms with Gasteiger partial charge in [-0.15, -0.1) is 0 Å². The summed E-state index contributed by atoms with van der Waals surface area (Å²) in [5, 5.41) is 0.641. The summed E-state index contributed by atoms with van der Waals surface area (Å²) in [6.07, 6.45) is 4.09. The summed E-state index contributed by atoms with van der Waals surface area (Å²) in [5.41, 5.74) is 3.48. The molecule has 0 saturated carbocycles. The van der Waals surface area contributed by atoms with Crippen molar-refractivity contribution in [2.75, 3.05) is 0 Å². The van der Waals surface area contributed by atoms with Crippen LogP contribution in [-0.4, -0.2) is 5.78 Å². The second-order valence-corrected chi connectivity index (χ2v) is 5.22. The average Bonchev–Trinajstić information content (AvgIpc) is 2.34. The maximum absolute atomic E-state index is 12.1. The van der Waals surface area contributed by atoms with E-state index in [1.807, 2.05) is 48.9 Å². The lowest BCUT2D eigenvalue weighted by Gasteiger charge is -2.07. The van der Waals surface area contributed by atoms with Gasteiger partial charge < -0.3 is 17.0 Å². The number of halogens is 2. The molecule has 1 aromatic heterocycles. The molecule has 0 radical (unpaired) electrons. The predicted molar refractivity (Wildman–Crippen MR) is 76.3 cm³/mol. The molecular weight excluding hydrogens is 338 g/mol. The quantitative estimate of drug-likeness (QED) is 0.712. The smallest absolute Gasteiger partial charge is 0.206 e. The number of hydrogen-bond acceptors (Lipinski definition) is 1. The van der Waals surface area contributed by atoms with Crippen LogP contribution in [0.15, 0.2) is 42.7 Å².